The summed E-state index contributed by atoms with van der Waals surface area (Å²) in [5.41, 5.74) is 5.36. The Labute approximate surface area is 334 Å². The zero-order valence-corrected chi connectivity index (χ0v) is 32.4. The molecule has 6 atom stereocenters. The molecule has 2 fully saturated rings. The van der Waals surface area contributed by atoms with Gasteiger partial charge in [0, 0.05) is 6.20 Å². The molecule has 1 aliphatic carbocycles. The lowest BCUT2D eigenvalue weighted by atomic mass is 9.95. The summed E-state index contributed by atoms with van der Waals surface area (Å²) >= 11 is 0. The van der Waals surface area contributed by atoms with Crippen molar-refractivity contribution in [1.29, 1.82) is 5.26 Å². The molecular formula is C42H42N5O10P. The van der Waals surface area contributed by atoms with E-state index in [-0.39, 0.29) is 28.7 Å². The molecule has 58 heavy (non-hydrogen) atoms. The van der Waals surface area contributed by atoms with Crippen molar-refractivity contribution in [2.75, 3.05) is 12.3 Å². The van der Waals surface area contributed by atoms with Crippen molar-refractivity contribution in [1.82, 2.24) is 14.7 Å². The first-order chi connectivity index (χ1) is 28.1. The number of nitrogens with two attached hydrogens (primary N) is 1. The zero-order chi connectivity index (χ0) is 40.7. The normalized spacial score (nSPS) is 22.2. The first-order valence-electron chi connectivity index (χ1n) is 18.9. The molecule has 1 saturated heterocycles. The maximum absolute atomic E-state index is 14.8. The van der Waals surface area contributed by atoms with Crippen molar-refractivity contribution in [3.8, 4) is 11.8 Å². The first-order valence-corrected chi connectivity index (χ1v) is 20.4. The minimum atomic E-state index is -4.62. The van der Waals surface area contributed by atoms with E-state index in [1.165, 1.54) is 54.0 Å². The number of para-hydroxylation sites is 1. The Hall–Kier alpha value is -6.04. The average molecular weight is 808 g/mol. The van der Waals surface area contributed by atoms with Crippen molar-refractivity contribution in [3.63, 3.8) is 0 Å². The monoisotopic (exact) mass is 807 g/mol. The number of fused-ring (bicyclic) bond motifs is 1. The predicted molar refractivity (Wildman–Crippen MR) is 209 cm³/mol. The van der Waals surface area contributed by atoms with E-state index < -0.39 is 62.2 Å². The summed E-state index contributed by atoms with van der Waals surface area (Å²) in [4.78, 5) is 40.9. The lowest BCUT2D eigenvalue weighted by Crippen LogP contribution is -2.50. The summed E-state index contributed by atoms with van der Waals surface area (Å²) in [6.07, 6.45) is 0.950. The van der Waals surface area contributed by atoms with Crippen LogP contribution in [0.4, 0.5) is 5.69 Å². The minimum absolute atomic E-state index is 0.118. The van der Waals surface area contributed by atoms with E-state index in [1.807, 2.05) is 0 Å². The third kappa shape index (κ3) is 8.91. The van der Waals surface area contributed by atoms with Crippen LogP contribution in [0.2, 0.25) is 0 Å². The Morgan fingerprint density at radius 2 is 1.52 bits per heavy atom. The van der Waals surface area contributed by atoms with E-state index in [2.05, 4.69) is 16.3 Å². The van der Waals surface area contributed by atoms with Gasteiger partial charge in [0.2, 0.25) is 5.60 Å². The van der Waals surface area contributed by atoms with Gasteiger partial charge in [-0.3, -0.25) is 9.32 Å². The number of esters is 3. The molecule has 2 aliphatic rings. The van der Waals surface area contributed by atoms with E-state index in [4.69, 9.17) is 33.7 Å². The second-order valence-electron chi connectivity index (χ2n) is 14.0. The maximum atomic E-state index is 14.8. The highest BCUT2D eigenvalue weighted by Gasteiger charge is 2.62. The van der Waals surface area contributed by atoms with E-state index in [0.29, 0.717) is 24.0 Å². The summed E-state index contributed by atoms with van der Waals surface area (Å²) in [7, 11) is -4.62. The summed E-state index contributed by atoms with van der Waals surface area (Å²) < 4.78 is 52.6. The van der Waals surface area contributed by atoms with Crippen molar-refractivity contribution >= 4 is 36.9 Å². The minimum Gasteiger partial charge on any atom is -0.461 e. The van der Waals surface area contributed by atoms with Gasteiger partial charge in [0.05, 0.1) is 28.0 Å². The molecule has 300 valence electrons. The molecule has 15 nitrogen and oxygen atoms in total. The molecule has 0 unspecified atom stereocenters. The number of hydrogen-bond acceptors (Lipinski definition) is 13. The van der Waals surface area contributed by atoms with E-state index >= 15 is 0 Å². The Kier molecular flexibility index (Phi) is 12.2. The number of rotatable bonds is 14. The second kappa shape index (κ2) is 17.6. The highest BCUT2D eigenvalue weighted by atomic mass is 31.2. The highest BCUT2D eigenvalue weighted by Crippen LogP contribution is 2.50. The van der Waals surface area contributed by atoms with E-state index in [1.54, 1.807) is 72.8 Å². The number of nitrogen functional groups attached to an aromatic ring is 1. The van der Waals surface area contributed by atoms with Gasteiger partial charge in [0.15, 0.2) is 12.2 Å². The van der Waals surface area contributed by atoms with Crippen molar-refractivity contribution in [2.24, 2.45) is 0 Å². The molecule has 3 aromatic carbocycles. The van der Waals surface area contributed by atoms with Crippen LogP contribution in [-0.4, -0.2) is 64.1 Å². The molecule has 5 aromatic rings. The van der Waals surface area contributed by atoms with Gasteiger partial charge in [-0.1, -0.05) is 61.0 Å². The number of ether oxygens (including phenoxy) is 4. The van der Waals surface area contributed by atoms with Crippen LogP contribution in [0.1, 0.15) is 71.5 Å². The van der Waals surface area contributed by atoms with Crippen LogP contribution in [0.25, 0.3) is 5.52 Å². The number of nitrogens with one attached hydrogen (secondary N) is 1. The molecule has 0 spiro atoms. The maximum Gasteiger partial charge on any atom is 0.459 e. The topological polar surface area (TPSA) is 203 Å². The predicted octanol–water partition coefficient (Wildman–Crippen LogP) is 6.76. The quantitative estimate of drug-likeness (QED) is 0.0677. The molecular weight excluding hydrogens is 765 g/mol. The third-order valence-corrected chi connectivity index (χ3v) is 11.6. The fourth-order valence-corrected chi connectivity index (χ4v) is 8.49. The zero-order valence-electron chi connectivity index (χ0n) is 31.5. The Bertz CT molecular complexity index is 2320. The molecule has 3 N–H and O–H groups in total. The van der Waals surface area contributed by atoms with Gasteiger partial charge in [0.25, 0.3) is 0 Å². The lowest BCUT2D eigenvalue weighted by molar-refractivity contribution is -0.152. The molecule has 16 heteroatoms. The van der Waals surface area contributed by atoms with Crippen molar-refractivity contribution in [3.05, 3.63) is 132 Å². The van der Waals surface area contributed by atoms with Crippen LogP contribution < -0.4 is 15.3 Å². The van der Waals surface area contributed by atoms with Gasteiger partial charge in [-0.2, -0.15) is 15.4 Å². The summed E-state index contributed by atoms with van der Waals surface area (Å²) in [5.74, 6) is -2.24. The van der Waals surface area contributed by atoms with Gasteiger partial charge in [-0.25, -0.2) is 18.7 Å². The molecule has 0 amide bonds. The van der Waals surface area contributed by atoms with Gasteiger partial charge < -0.3 is 29.2 Å². The van der Waals surface area contributed by atoms with E-state index in [9.17, 15) is 24.2 Å². The van der Waals surface area contributed by atoms with E-state index in [0.717, 1.165) is 19.3 Å². The molecule has 7 rings (SSSR count). The van der Waals surface area contributed by atoms with Crippen molar-refractivity contribution in [2.45, 2.75) is 75.1 Å². The summed E-state index contributed by atoms with van der Waals surface area (Å²) in [5, 5.41) is 18.2. The smallest absolute Gasteiger partial charge is 0.459 e. The number of hydrogen-bond donors (Lipinski definition) is 2. The van der Waals surface area contributed by atoms with Gasteiger partial charge in [-0.05, 0) is 87.2 Å². The SMILES string of the molecule is C[C@H](N[P@](=O)(OC[C@@]1(C#N)O[C@@H](c2ccc3c(N)ccnn23)[C@H](OC(=O)c2ccccc2)[C@@H]1OC(=O)c1ccccc1)Oc1ccccc1)C(=O)OC1CCCCC1. The summed E-state index contributed by atoms with van der Waals surface area (Å²) in [6.45, 7) is 0.574. The average Bonchev–Trinajstić information content (AvgIpc) is 3.81. The lowest BCUT2D eigenvalue weighted by Gasteiger charge is -2.31. The molecule has 0 bridgehead atoms. The van der Waals surface area contributed by atoms with Gasteiger partial charge in [-0.15, -0.1) is 0 Å². The molecule has 1 saturated carbocycles. The Morgan fingerprint density at radius 1 is 0.897 bits per heavy atom. The van der Waals surface area contributed by atoms with Gasteiger partial charge >= 0.3 is 25.7 Å². The number of aromatic nitrogens is 2. The second-order valence-corrected chi connectivity index (χ2v) is 15.7. The fourth-order valence-electron chi connectivity index (χ4n) is 6.96. The number of carbonyl (C=O) groups is 3. The van der Waals surface area contributed by atoms with Crippen LogP contribution in [-0.2, 0) is 32.8 Å². The number of nitrogens with zero attached hydrogens (tertiary/aromatic N) is 3. The molecule has 2 aromatic heterocycles. The first kappa shape index (κ1) is 40.2. The van der Waals surface area contributed by atoms with Gasteiger partial charge in [0.1, 0.15) is 36.7 Å². The Morgan fingerprint density at radius 3 is 2.16 bits per heavy atom. The van der Waals surface area contributed by atoms with Crippen LogP contribution in [0.3, 0.4) is 0 Å². The van der Waals surface area contributed by atoms with Crippen LogP contribution in [0, 0.1) is 11.3 Å². The van der Waals surface area contributed by atoms with Crippen LogP contribution in [0.15, 0.2) is 115 Å². The summed E-state index contributed by atoms with van der Waals surface area (Å²) in [6, 6.07) is 30.0. The number of nitriles is 1. The highest BCUT2D eigenvalue weighted by molar-refractivity contribution is 7.52. The number of anilines is 1. The van der Waals surface area contributed by atoms with Crippen molar-refractivity contribution < 1.29 is 46.9 Å². The third-order valence-electron chi connectivity index (χ3n) is 9.95. The van der Waals surface area contributed by atoms with Crippen LogP contribution >= 0.6 is 7.75 Å². The molecule has 1 aliphatic heterocycles. The molecule has 0 radical (unpaired) electrons. The Balaban J connectivity index is 1.27. The number of carbonyl (C=O) groups excluding carboxylic acids is 3. The molecule has 3 heterocycles. The van der Waals surface area contributed by atoms with Crippen LogP contribution in [0.5, 0.6) is 5.75 Å². The largest absolute Gasteiger partial charge is 0.461 e. The standard InChI is InChI=1S/C42H42N5O10P/c1-28(39(48)53-31-18-10-4-11-19-31)46-58(51,57-32-20-12-5-13-21-32)52-27-42(26-43)38(55-41(50)30-16-8-3-9-17-30)37(54-40(49)29-14-6-2-7-15-29)36(56-42)35-23-22-34-33(44)24-25-45-47(34)35/h2-3,5-9,12-17,20-25,28,31,36-38H,4,10-11,18-19,27,44H2,1H3,(H,46,51)/t28-,36-,37-,38-,42+,58-/m0/s1. The fraction of sp³-hybridized carbons (Fsp3) is 0.310. The number of benzene rings is 3.